The molecular formula is C46H36FNS. The van der Waals surface area contributed by atoms with Gasteiger partial charge in [-0.1, -0.05) is 72.8 Å². The van der Waals surface area contributed by atoms with Crippen LogP contribution in [0.3, 0.4) is 0 Å². The fourth-order valence-corrected chi connectivity index (χ4v) is 12.2. The summed E-state index contributed by atoms with van der Waals surface area (Å²) < 4.78 is 17.6. The summed E-state index contributed by atoms with van der Waals surface area (Å²) in [7, 11) is 0. The van der Waals surface area contributed by atoms with E-state index in [1.165, 1.54) is 91.3 Å². The number of thiophene rings is 1. The van der Waals surface area contributed by atoms with Gasteiger partial charge in [-0.3, -0.25) is 0 Å². The summed E-state index contributed by atoms with van der Waals surface area (Å²) in [5.74, 6) is 2.84. The van der Waals surface area contributed by atoms with Crippen molar-refractivity contribution in [2.45, 2.75) is 37.5 Å². The molecule has 0 atom stereocenters. The molecule has 49 heavy (non-hydrogen) atoms. The van der Waals surface area contributed by atoms with Crippen LogP contribution in [0.4, 0.5) is 21.5 Å². The van der Waals surface area contributed by atoms with Gasteiger partial charge in [0.1, 0.15) is 5.82 Å². The first-order chi connectivity index (χ1) is 24.1. The molecule has 0 saturated heterocycles. The van der Waals surface area contributed by atoms with Gasteiger partial charge in [0.2, 0.25) is 0 Å². The summed E-state index contributed by atoms with van der Waals surface area (Å²) in [6, 6.07) is 48.1. The second-order valence-corrected chi connectivity index (χ2v) is 16.2. The van der Waals surface area contributed by atoms with E-state index in [9.17, 15) is 0 Å². The zero-order chi connectivity index (χ0) is 32.3. The van der Waals surface area contributed by atoms with Crippen molar-refractivity contribution < 1.29 is 4.39 Å². The highest BCUT2D eigenvalue weighted by Gasteiger charge is 2.61. The molecule has 5 aliphatic rings. The van der Waals surface area contributed by atoms with E-state index >= 15 is 4.39 Å². The van der Waals surface area contributed by atoms with E-state index in [2.05, 4.69) is 126 Å². The number of benzene rings is 6. The first kappa shape index (κ1) is 28.1. The Hall–Kier alpha value is -4.73. The van der Waals surface area contributed by atoms with Crippen LogP contribution in [0.1, 0.15) is 43.2 Å². The van der Waals surface area contributed by atoms with E-state index < -0.39 is 0 Å². The van der Waals surface area contributed by atoms with Crippen LogP contribution >= 0.6 is 11.3 Å². The molecule has 7 aromatic rings. The van der Waals surface area contributed by atoms with Gasteiger partial charge in [0.15, 0.2) is 0 Å². The standard InChI is InChI=1S/C46H36FNS/c47-34-16-20-38-37-19-15-31(26-40(37)46(41(38)27-34)32-22-28-21-29(24-32)25-33(46)23-28)30-13-17-36(18-14-30)48(35-7-2-1-3-8-35)42-10-6-12-44-45(42)39-9-4-5-11-43(39)49-44/h1-20,26-29,32-33H,21-25H2. The maximum atomic E-state index is 15.0. The van der Waals surface area contributed by atoms with Gasteiger partial charge in [0.25, 0.3) is 0 Å². The maximum absolute atomic E-state index is 15.0. The fraction of sp³-hybridized carbons (Fsp3) is 0.217. The van der Waals surface area contributed by atoms with Gasteiger partial charge in [0, 0.05) is 37.0 Å². The average molecular weight is 654 g/mol. The molecule has 1 aromatic heterocycles. The molecule has 6 aromatic carbocycles. The Labute approximate surface area is 290 Å². The number of fused-ring (bicyclic) bond motifs is 6. The zero-order valence-electron chi connectivity index (χ0n) is 27.3. The minimum absolute atomic E-state index is 0.0533. The molecular weight excluding hydrogens is 618 g/mol. The lowest BCUT2D eigenvalue weighted by atomic mass is 9.43. The third-order valence-electron chi connectivity index (χ3n) is 12.7. The second-order valence-electron chi connectivity index (χ2n) is 15.1. The molecule has 5 aliphatic carbocycles. The van der Waals surface area contributed by atoms with Gasteiger partial charge in [-0.25, -0.2) is 4.39 Å². The van der Waals surface area contributed by atoms with Gasteiger partial charge in [-0.2, -0.15) is 0 Å². The van der Waals surface area contributed by atoms with Crippen molar-refractivity contribution in [2.75, 3.05) is 4.90 Å². The Morgan fingerprint density at radius 3 is 1.96 bits per heavy atom. The Bertz CT molecular complexity index is 2390. The molecule has 12 rings (SSSR count). The van der Waals surface area contributed by atoms with Crippen LogP contribution in [0.15, 0.2) is 133 Å². The third-order valence-corrected chi connectivity index (χ3v) is 13.8. The number of halogens is 1. The van der Waals surface area contributed by atoms with Crippen molar-refractivity contribution in [3.8, 4) is 22.3 Å². The smallest absolute Gasteiger partial charge is 0.123 e. The number of nitrogens with zero attached hydrogens (tertiary/aromatic N) is 1. The van der Waals surface area contributed by atoms with Crippen molar-refractivity contribution in [1.82, 2.24) is 0 Å². The number of anilines is 3. The van der Waals surface area contributed by atoms with Crippen LogP contribution in [0.5, 0.6) is 0 Å². The van der Waals surface area contributed by atoms with E-state index in [1.807, 2.05) is 17.4 Å². The van der Waals surface area contributed by atoms with Gasteiger partial charge in [0.05, 0.1) is 5.69 Å². The first-order valence-electron chi connectivity index (χ1n) is 18.0. The van der Waals surface area contributed by atoms with Crippen LogP contribution in [0.2, 0.25) is 0 Å². The van der Waals surface area contributed by atoms with Crippen molar-refractivity contribution >= 4 is 48.6 Å². The molecule has 0 radical (unpaired) electrons. The summed E-state index contributed by atoms with van der Waals surface area (Å²) in [6.45, 7) is 0. The second kappa shape index (κ2) is 10.4. The van der Waals surface area contributed by atoms with Gasteiger partial charge in [-0.05, 0) is 150 Å². The number of rotatable bonds is 4. The molecule has 0 unspecified atom stereocenters. The lowest BCUT2D eigenvalue weighted by Gasteiger charge is -2.61. The highest BCUT2D eigenvalue weighted by atomic mass is 32.1. The molecule has 1 spiro atoms. The lowest BCUT2D eigenvalue weighted by Crippen LogP contribution is -2.55. The number of hydrogen-bond donors (Lipinski definition) is 0. The van der Waals surface area contributed by atoms with Crippen LogP contribution < -0.4 is 4.90 Å². The van der Waals surface area contributed by atoms with Crippen LogP contribution in [-0.4, -0.2) is 0 Å². The van der Waals surface area contributed by atoms with Crippen molar-refractivity contribution in [1.29, 1.82) is 0 Å². The number of hydrogen-bond acceptors (Lipinski definition) is 2. The normalized spacial score (nSPS) is 24.5. The molecule has 238 valence electrons. The van der Waals surface area contributed by atoms with Crippen LogP contribution in [0, 0.1) is 29.5 Å². The van der Waals surface area contributed by atoms with E-state index in [0.29, 0.717) is 11.8 Å². The summed E-state index contributed by atoms with van der Waals surface area (Å²) in [4.78, 5) is 2.41. The maximum Gasteiger partial charge on any atom is 0.123 e. The quantitative estimate of drug-likeness (QED) is 0.183. The fourth-order valence-electron chi connectivity index (χ4n) is 11.1. The Balaban J connectivity index is 1.04. The largest absolute Gasteiger partial charge is 0.310 e. The zero-order valence-corrected chi connectivity index (χ0v) is 28.1. The van der Waals surface area contributed by atoms with Crippen LogP contribution in [0.25, 0.3) is 42.4 Å². The minimum Gasteiger partial charge on any atom is -0.310 e. The SMILES string of the molecule is Fc1ccc2c(c1)C1(c3cc(-c4ccc(N(c5ccccc5)c5cccc6sc7ccccc7c56)cc4)ccc3-2)C2CC3CC(C2)CC1C3. The van der Waals surface area contributed by atoms with E-state index in [0.717, 1.165) is 23.2 Å². The average Bonchev–Trinajstić information content (AvgIpc) is 3.65. The molecule has 1 heterocycles. The van der Waals surface area contributed by atoms with Gasteiger partial charge >= 0.3 is 0 Å². The van der Waals surface area contributed by atoms with Crippen molar-refractivity contribution in [2.24, 2.45) is 23.7 Å². The molecule has 4 saturated carbocycles. The van der Waals surface area contributed by atoms with Crippen LogP contribution in [-0.2, 0) is 5.41 Å². The summed E-state index contributed by atoms with van der Waals surface area (Å²) >= 11 is 1.86. The predicted octanol–water partition coefficient (Wildman–Crippen LogP) is 13.1. The highest BCUT2D eigenvalue weighted by Crippen LogP contribution is 2.69. The Kier molecular flexibility index (Phi) is 5.97. The first-order valence-corrected chi connectivity index (χ1v) is 18.8. The number of para-hydroxylation sites is 1. The Morgan fingerprint density at radius 1 is 0.551 bits per heavy atom. The molecule has 0 amide bonds. The molecule has 3 heteroatoms. The topological polar surface area (TPSA) is 3.24 Å². The third kappa shape index (κ3) is 3.97. The molecule has 0 aliphatic heterocycles. The predicted molar refractivity (Wildman–Crippen MR) is 203 cm³/mol. The molecule has 0 N–H and O–H groups in total. The Morgan fingerprint density at radius 2 is 1.18 bits per heavy atom. The summed E-state index contributed by atoms with van der Waals surface area (Å²) in [5.41, 5.74) is 11.2. The highest BCUT2D eigenvalue weighted by molar-refractivity contribution is 7.26. The van der Waals surface area contributed by atoms with E-state index in [-0.39, 0.29) is 11.2 Å². The van der Waals surface area contributed by atoms with Crippen molar-refractivity contribution in [3.05, 3.63) is 150 Å². The van der Waals surface area contributed by atoms with Gasteiger partial charge < -0.3 is 4.90 Å². The molecule has 4 bridgehead atoms. The van der Waals surface area contributed by atoms with Gasteiger partial charge in [-0.15, -0.1) is 11.3 Å². The lowest BCUT2D eigenvalue weighted by molar-refractivity contribution is -0.0400. The summed E-state index contributed by atoms with van der Waals surface area (Å²) in [5, 5.41) is 2.60. The molecule has 1 nitrogen and oxygen atoms in total. The minimum atomic E-state index is -0.0929. The van der Waals surface area contributed by atoms with Crippen molar-refractivity contribution in [3.63, 3.8) is 0 Å². The van der Waals surface area contributed by atoms with E-state index in [4.69, 9.17) is 0 Å². The monoisotopic (exact) mass is 653 g/mol. The summed E-state index contributed by atoms with van der Waals surface area (Å²) in [6.07, 6.45) is 6.59. The van der Waals surface area contributed by atoms with E-state index in [1.54, 1.807) is 6.07 Å². The molecule has 4 fully saturated rings.